The van der Waals surface area contributed by atoms with E-state index in [1.807, 2.05) is 71.9 Å². The maximum Gasteiger partial charge on any atom is 0.204 e. The lowest BCUT2D eigenvalue weighted by atomic mass is 9.98. The molecule has 270 valence electrons. The van der Waals surface area contributed by atoms with Gasteiger partial charge in [0.25, 0.3) is 0 Å². The number of phenolic OH excluding ortho intramolecular Hbond substituents is 1. The molecule has 50 heavy (non-hydrogen) atoms. The van der Waals surface area contributed by atoms with Crippen LogP contribution < -0.4 is 19.6 Å². The number of hydrogen-bond acceptors (Lipinski definition) is 8. The second-order valence-electron chi connectivity index (χ2n) is 12.5. The van der Waals surface area contributed by atoms with Crippen LogP contribution in [-0.4, -0.2) is 38.6 Å². The molecule has 8 heteroatoms. The molecule has 1 aromatic heterocycles. The van der Waals surface area contributed by atoms with Crippen LogP contribution in [-0.2, 0) is 22.3 Å². The van der Waals surface area contributed by atoms with E-state index >= 15 is 0 Å². The van der Waals surface area contributed by atoms with Gasteiger partial charge >= 0.3 is 0 Å². The van der Waals surface area contributed by atoms with Gasteiger partial charge in [0.15, 0.2) is 11.5 Å². The van der Waals surface area contributed by atoms with Crippen molar-refractivity contribution in [1.29, 1.82) is 0 Å². The Morgan fingerprint density at radius 3 is 1.98 bits per heavy atom. The molecule has 0 bridgehead atoms. The Kier molecular flexibility index (Phi) is 15.8. The molecule has 0 spiro atoms. The van der Waals surface area contributed by atoms with E-state index in [1.54, 1.807) is 25.3 Å². The van der Waals surface area contributed by atoms with Crippen molar-refractivity contribution in [2.75, 3.05) is 33.5 Å². The Morgan fingerprint density at radius 1 is 0.820 bits per heavy atom. The third-order valence-electron chi connectivity index (χ3n) is 7.86. The number of aromatic hydroxyl groups is 1. The minimum Gasteiger partial charge on any atom is -0.507 e. The first-order valence-electron chi connectivity index (χ1n) is 17.3. The fraction of sp³-hybridized carbons (Fsp3) is 0.405. The average Bonchev–Trinajstić information content (AvgIpc) is 3.06. The van der Waals surface area contributed by atoms with E-state index in [4.69, 9.17) is 28.1 Å². The standard InChI is InChI=1S/C42H54O8/c1-10-16-30(7)46-22-12-14-24-48-34-26-36-39(40(43)32(34)20-18-28(3)4)41(44)38-33(21-19-29(5)6)42(45-9)37(27-35(38)50-36)49-25-15-13-23-47-31(8)17-11-2/h10-11,16-19,26-27,43H,2,7,12-15,20-25H2,1,3-6,8-9H3/b16-10-,31-17+. The number of ether oxygens (including phenoxy) is 5. The van der Waals surface area contributed by atoms with E-state index in [2.05, 4.69) is 13.2 Å². The molecule has 8 nitrogen and oxygen atoms in total. The number of unbranched alkanes of at least 4 members (excludes halogenated alkanes) is 2. The molecule has 3 aromatic rings. The zero-order chi connectivity index (χ0) is 36.6. The number of allylic oxidation sites excluding steroid dienone is 9. The monoisotopic (exact) mass is 686 g/mol. The second-order valence-corrected chi connectivity index (χ2v) is 12.5. The predicted octanol–water partition coefficient (Wildman–Crippen LogP) is 10.2. The zero-order valence-electron chi connectivity index (χ0n) is 30.9. The normalized spacial score (nSPS) is 11.5. The van der Waals surface area contributed by atoms with Gasteiger partial charge in [-0.3, -0.25) is 4.79 Å². The van der Waals surface area contributed by atoms with E-state index in [0.717, 1.165) is 42.6 Å². The van der Waals surface area contributed by atoms with Crippen molar-refractivity contribution in [1.82, 2.24) is 0 Å². The van der Waals surface area contributed by atoms with Crippen LogP contribution in [0.1, 0.15) is 78.4 Å². The third-order valence-corrected chi connectivity index (χ3v) is 7.86. The molecule has 3 rings (SSSR count). The second kappa shape index (κ2) is 20.0. The molecule has 0 saturated heterocycles. The molecule has 1 N–H and O–H groups in total. The fourth-order valence-corrected chi connectivity index (χ4v) is 5.32. The Morgan fingerprint density at radius 2 is 1.38 bits per heavy atom. The summed E-state index contributed by atoms with van der Waals surface area (Å²) >= 11 is 0. The van der Waals surface area contributed by atoms with E-state index in [-0.39, 0.29) is 22.1 Å². The molecule has 0 amide bonds. The maximum absolute atomic E-state index is 14.4. The number of methoxy groups -OCH3 is 1. The predicted molar refractivity (Wildman–Crippen MR) is 204 cm³/mol. The number of phenols is 1. The van der Waals surface area contributed by atoms with Crippen molar-refractivity contribution in [2.45, 2.75) is 80.1 Å². The SMILES string of the molecule is C=C/C=C(\C)OCCCCOc1cc2oc3cc(OCCCCOC(=C)/C=C\C)c(CC=C(C)C)c(O)c3c(=O)c2c(CC=C(C)C)c1OC. The van der Waals surface area contributed by atoms with Crippen LogP contribution >= 0.6 is 0 Å². The van der Waals surface area contributed by atoms with E-state index < -0.39 is 0 Å². The van der Waals surface area contributed by atoms with Crippen LogP contribution in [0, 0.1) is 0 Å². The first-order valence-corrected chi connectivity index (χ1v) is 17.3. The molecular weight excluding hydrogens is 632 g/mol. The third kappa shape index (κ3) is 11.1. The highest BCUT2D eigenvalue weighted by molar-refractivity contribution is 5.98. The van der Waals surface area contributed by atoms with Gasteiger partial charge in [-0.15, -0.1) is 0 Å². The largest absolute Gasteiger partial charge is 0.507 e. The summed E-state index contributed by atoms with van der Waals surface area (Å²) in [6.07, 6.45) is 15.1. The van der Waals surface area contributed by atoms with Crippen molar-refractivity contribution in [2.24, 2.45) is 0 Å². The van der Waals surface area contributed by atoms with E-state index in [9.17, 15) is 9.90 Å². The lowest BCUT2D eigenvalue weighted by molar-refractivity contribution is 0.196. The smallest absolute Gasteiger partial charge is 0.204 e. The summed E-state index contributed by atoms with van der Waals surface area (Å²) in [5.74, 6) is 2.68. The van der Waals surface area contributed by atoms with Gasteiger partial charge in [-0.05, 0) is 92.2 Å². The highest BCUT2D eigenvalue weighted by Gasteiger charge is 2.24. The summed E-state index contributed by atoms with van der Waals surface area (Å²) in [5.41, 5.74) is 3.55. The Bertz CT molecular complexity index is 1810. The molecule has 0 aliphatic rings. The number of benzene rings is 2. The maximum atomic E-state index is 14.4. The molecule has 0 aliphatic heterocycles. The molecule has 2 aromatic carbocycles. The summed E-state index contributed by atoms with van der Waals surface area (Å²) in [7, 11) is 1.56. The summed E-state index contributed by atoms with van der Waals surface area (Å²) in [6, 6.07) is 3.41. The Balaban J connectivity index is 2.05. The van der Waals surface area contributed by atoms with Gasteiger partial charge in [0.1, 0.15) is 33.8 Å². The van der Waals surface area contributed by atoms with Crippen LogP contribution in [0.5, 0.6) is 23.0 Å². The molecule has 0 unspecified atom stereocenters. The van der Waals surface area contributed by atoms with Crippen LogP contribution in [0.2, 0.25) is 0 Å². The van der Waals surface area contributed by atoms with Crippen LogP contribution in [0.25, 0.3) is 21.9 Å². The van der Waals surface area contributed by atoms with Gasteiger partial charge in [-0.25, -0.2) is 0 Å². The van der Waals surface area contributed by atoms with E-state index in [0.29, 0.717) is 84.4 Å². The van der Waals surface area contributed by atoms with Crippen LogP contribution in [0.3, 0.4) is 0 Å². The lowest BCUT2D eigenvalue weighted by Crippen LogP contribution is -2.10. The van der Waals surface area contributed by atoms with Crippen LogP contribution in [0.15, 0.2) is 93.6 Å². The van der Waals surface area contributed by atoms with Crippen molar-refractivity contribution in [3.63, 3.8) is 0 Å². The van der Waals surface area contributed by atoms with Gasteiger partial charge in [-0.2, -0.15) is 0 Å². The molecule has 0 atom stereocenters. The highest BCUT2D eigenvalue weighted by Crippen LogP contribution is 2.41. The van der Waals surface area contributed by atoms with Crippen molar-refractivity contribution in [3.8, 4) is 23.0 Å². The minimum atomic E-state index is -0.343. The van der Waals surface area contributed by atoms with Gasteiger partial charge < -0.3 is 33.2 Å². The summed E-state index contributed by atoms with van der Waals surface area (Å²) in [6.45, 7) is 21.2. The summed E-state index contributed by atoms with van der Waals surface area (Å²) in [5, 5.41) is 12.1. The number of fused-ring (bicyclic) bond motifs is 2. The van der Waals surface area contributed by atoms with Gasteiger partial charge in [0, 0.05) is 23.3 Å². The minimum absolute atomic E-state index is 0.105. The van der Waals surface area contributed by atoms with Gasteiger partial charge in [0.05, 0.1) is 44.7 Å². The van der Waals surface area contributed by atoms with Crippen molar-refractivity contribution >= 4 is 21.9 Å². The molecule has 0 radical (unpaired) electrons. The van der Waals surface area contributed by atoms with Gasteiger partial charge in [-0.1, -0.05) is 48.6 Å². The quantitative estimate of drug-likeness (QED) is 0.0389. The average molecular weight is 687 g/mol. The molecule has 0 aliphatic carbocycles. The lowest BCUT2D eigenvalue weighted by Gasteiger charge is -2.18. The van der Waals surface area contributed by atoms with Crippen molar-refractivity contribution in [3.05, 3.63) is 106 Å². The first-order chi connectivity index (χ1) is 24.0. The number of hydrogen-bond donors (Lipinski definition) is 1. The highest BCUT2D eigenvalue weighted by atomic mass is 16.5. The topological polar surface area (TPSA) is 96.6 Å². The molecule has 0 saturated carbocycles. The zero-order valence-corrected chi connectivity index (χ0v) is 30.9. The van der Waals surface area contributed by atoms with Gasteiger partial charge in [0.2, 0.25) is 5.43 Å². The Hall–Kier alpha value is -4.85. The van der Waals surface area contributed by atoms with Crippen LogP contribution in [0.4, 0.5) is 0 Å². The Labute approximate surface area is 297 Å². The molecular formula is C42H54O8. The number of rotatable bonds is 21. The fourth-order valence-electron chi connectivity index (χ4n) is 5.32. The first kappa shape index (κ1) is 39.6. The van der Waals surface area contributed by atoms with Crippen molar-refractivity contribution < 1.29 is 33.2 Å². The molecule has 1 heterocycles. The molecule has 0 fully saturated rings. The van der Waals surface area contributed by atoms with E-state index in [1.165, 1.54) is 0 Å². The summed E-state index contributed by atoms with van der Waals surface area (Å²) in [4.78, 5) is 14.4. The summed E-state index contributed by atoms with van der Waals surface area (Å²) < 4.78 is 36.0.